The molecule has 0 amide bonds. The average molecular weight is 414 g/mol. The lowest BCUT2D eigenvalue weighted by molar-refractivity contribution is 0.122. The van der Waals surface area contributed by atoms with Crippen molar-refractivity contribution in [3.8, 4) is 28.1 Å². The zero-order valence-corrected chi connectivity index (χ0v) is 16.5. The van der Waals surface area contributed by atoms with E-state index in [0.717, 1.165) is 29.1 Å². The number of furan rings is 1. The molecule has 2 aliphatic heterocycles. The molecule has 5 heterocycles. The van der Waals surface area contributed by atoms with E-state index in [-0.39, 0.29) is 0 Å². The first-order chi connectivity index (χ1) is 14.3. The van der Waals surface area contributed by atoms with Gasteiger partial charge in [0, 0.05) is 24.5 Å². The number of fused-ring (bicyclic) bond motifs is 4. The fraction of sp³-hybridized carbons (Fsp3) is 0.368. The Labute approximate surface area is 169 Å². The van der Waals surface area contributed by atoms with Gasteiger partial charge in [-0.25, -0.2) is 9.50 Å². The molecule has 0 spiro atoms. The fourth-order valence-electron chi connectivity index (χ4n) is 3.74. The molecule has 0 radical (unpaired) electrons. The van der Waals surface area contributed by atoms with Crippen molar-refractivity contribution in [2.75, 3.05) is 51.5 Å². The molecule has 150 valence electrons. The van der Waals surface area contributed by atoms with Crippen LogP contribution in [-0.4, -0.2) is 61.2 Å². The molecule has 9 nitrogen and oxygen atoms in total. The number of nitrogens with zero attached hydrogens (tertiary/aromatic N) is 4. The summed E-state index contributed by atoms with van der Waals surface area (Å²) < 4.78 is 30.4. The van der Waals surface area contributed by atoms with Crippen LogP contribution in [-0.2, 0) is 4.74 Å². The minimum absolute atomic E-state index is 0.499. The maximum absolute atomic E-state index is 6.25. The van der Waals surface area contributed by atoms with Crippen molar-refractivity contribution >= 4 is 33.0 Å². The first-order valence-corrected chi connectivity index (χ1v) is 10.2. The number of anilines is 1. The van der Waals surface area contributed by atoms with Gasteiger partial charge < -0.3 is 28.3 Å². The molecular weight excluding hydrogens is 396 g/mol. The smallest absolute Gasteiger partial charge is 0.294 e. The predicted molar refractivity (Wildman–Crippen MR) is 107 cm³/mol. The Kier molecular flexibility index (Phi) is 3.81. The van der Waals surface area contributed by atoms with Crippen molar-refractivity contribution in [1.82, 2.24) is 14.6 Å². The molecule has 1 aromatic carbocycles. The molecular formula is C19H18N4O5S. The van der Waals surface area contributed by atoms with Gasteiger partial charge in [-0.2, -0.15) is 0 Å². The first kappa shape index (κ1) is 16.9. The van der Waals surface area contributed by atoms with Gasteiger partial charge in [0.2, 0.25) is 10.7 Å². The lowest BCUT2D eigenvalue weighted by Gasteiger charge is -2.30. The van der Waals surface area contributed by atoms with E-state index in [1.165, 1.54) is 11.3 Å². The Balaban J connectivity index is 1.51. The molecule has 0 unspecified atom stereocenters. The summed E-state index contributed by atoms with van der Waals surface area (Å²) in [7, 11) is 1.59. The van der Waals surface area contributed by atoms with Gasteiger partial charge in [-0.05, 0) is 17.4 Å². The van der Waals surface area contributed by atoms with E-state index in [4.69, 9.17) is 23.4 Å². The lowest BCUT2D eigenvalue weighted by atomic mass is 10.1. The molecule has 1 saturated heterocycles. The van der Waals surface area contributed by atoms with Crippen LogP contribution in [0, 0.1) is 0 Å². The molecule has 0 bridgehead atoms. The Hall–Kier alpha value is -2.98. The highest BCUT2D eigenvalue weighted by molar-refractivity contribution is 7.18. The highest BCUT2D eigenvalue weighted by Crippen LogP contribution is 2.46. The number of morpholine rings is 1. The van der Waals surface area contributed by atoms with Gasteiger partial charge in [0.05, 0.1) is 32.2 Å². The van der Waals surface area contributed by atoms with Gasteiger partial charge in [-0.3, -0.25) is 0 Å². The Bertz CT molecular complexity index is 1180. The number of hydrogen-bond donors (Lipinski definition) is 0. The van der Waals surface area contributed by atoms with Crippen molar-refractivity contribution < 1.29 is 23.4 Å². The summed E-state index contributed by atoms with van der Waals surface area (Å²) in [6, 6.07) is 4.06. The van der Waals surface area contributed by atoms with Gasteiger partial charge in [0.25, 0.3) is 5.19 Å². The average Bonchev–Trinajstić information content (AvgIpc) is 3.46. The van der Waals surface area contributed by atoms with Crippen LogP contribution in [0.2, 0.25) is 0 Å². The Morgan fingerprint density at radius 3 is 2.79 bits per heavy atom. The highest BCUT2D eigenvalue weighted by Gasteiger charge is 2.26. The number of benzene rings is 1. The minimum atomic E-state index is 0.499. The minimum Gasteiger partial charge on any atom is -0.486 e. The molecule has 4 aromatic rings. The molecule has 0 saturated carbocycles. The summed E-state index contributed by atoms with van der Waals surface area (Å²) in [6.45, 7) is 4.06. The summed E-state index contributed by atoms with van der Waals surface area (Å²) >= 11 is 1.38. The second-order valence-electron chi connectivity index (χ2n) is 6.80. The van der Waals surface area contributed by atoms with Crippen LogP contribution < -0.4 is 19.1 Å². The van der Waals surface area contributed by atoms with Crippen molar-refractivity contribution in [3.05, 3.63) is 18.3 Å². The zero-order valence-electron chi connectivity index (χ0n) is 15.7. The normalized spacial score (nSPS) is 16.7. The van der Waals surface area contributed by atoms with Crippen molar-refractivity contribution in [2.45, 2.75) is 0 Å². The second kappa shape index (κ2) is 6.53. The first-order valence-electron chi connectivity index (χ1n) is 9.39. The molecule has 0 atom stereocenters. The largest absolute Gasteiger partial charge is 0.486 e. The number of aromatic nitrogens is 3. The summed E-state index contributed by atoms with van der Waals surface area (Å²) in [4.78, 5) is 7.68. The van der Waals surface area contributed by atoms with Gasteiger partial charge in [0.1, 0.15) is 18.9 Å². The van der Waals surface area contributed by atoms with Crippen LogP contribution in [0.25, 0.3) is 27.4 Å². The number of hydrogen-bond acceptors (Lipinski definition) is 9. The lowest BCUT2D eigenvalue weighted by Crippen LogP contribution is -2.36. The topological polar surface area (TPSA) is 83.5 Å². The molecule has 0 N–H and O–H groups in total. The third-order valence-corrected chi connectivity index (χ3v) is 5.98. The number of ether oxygens (including phenoxy) is 4. The van der Waals surface area contributed by atoms with E-state index in [1.54, 1.807) is 11.6 Å². The van der Waals surface area contributed by atoms with Gasteiger partial charge in [-0.1, -0.05) is 0 Å². The molecule has 3 aromatic heterocycles. The van der Waals surface area contributed by atoms with Crippen molar-refractivity contribution in [1.29, 1.82) is 0 Å². The van der Waals surface area contributed by atoms with Crippen molar-refractivity contribution in [3.63, 3.8) is 0 Å². The van der Waals surface area contributed by atoms with Crippen LogP contribution in [0.4, 0.5) is 5.69 Å². The summed E-state index contributed by atoms with van der Waals surface area (Å²) in [6.07, 6.45) is 1.84. The summed E-state index contributed by atoms with van der Waals surface area (Å²) in [5, 5.41) is 5.88. The van der Waals surface area contributed by atoms with Crippen molar-refractivity contribution in [2.24, 2.45) is 0 Å². The third-order valence-electron chi connectivity index (χ3n) is 5.10. The molecule has 2 aliphatic rings. The van der Waals surface area contributed by atoms with E-state index < -0.39 is 0 Å². The number of imidazole rings is 1. The van der Waals surface area contributed by atoms with Crippen LogP contribution in [0.5, 0.6) is 16.7 Å². The third kappa shape index (κ3) is 2.70. The molecule has 0 aliphatic carbocycles. The Morgan fingerprint density at radius 1 is 1.10 bits per heavy atom. The number of rotatable bonds is 3. The summed E-state index contributed by atoms with van der Waals surface area (Å²) in [5.41, 5.74) is 2.45. The maximum Gasteiger partial charge on any atom is 0.294 e. The molecule has 1 fully saturated rings. The van der Waals surface area contributed by atoms with E-state index in [9.17, 15) is 0 Å². The van der Waals surface area contributed by atoms with Crippen LogP contribution in [0.15, 0.2) is 22.7 Å². The number of methoxy groups -OCH3 is 1. The van der Waals surface area contributed by atoms with Gasteiger partial charge >= 0.3 is 0 Å². The predicted octanol–water partition coefficient (Wildman–Crippen LogP) is 2.82. The zero-order chi connectivity index (χ0) is 19.4. The van der Waals surface area contributed by atoms with Crippen LogP contribution in [0.3, 0.4) is 0 Å². The van der Waals surface area contributed by atoms with E-state index in [0.29, 0.717) is 60.2 Å². The van der Waals surface area contributed by atoms with Crippen LogP contribution >= 0.6 is 11.3 Å². The SMILES string of the molecule is COc1nn2cc(-c3cc4c(N5CCOCC5)cc5c(c4o3)OCCO5)nc2s1. The fourth-order valence-corrected chi connectivity index (χ4v) is 4.44. The quantitative estimate of drug-likeness (QED) is 0.506. The highest BCUT2D eigenvalue weighted by atomic mass is 32.1. The summed E-state index contributed by atoms with van der Waals surface area (Å²) in [5.74, 6) is 2.02. The standard InChI is InChI=1S/C19H18N4O5S/c1-24-19-21-23-10-12(20-18(23)29-19)14-8-11-13(22-2-4-25-5-3-22)9-15-17(16(11)28-14)27-7-6-26-15/h8-10H,2-7H2,1H3. The van der Waals surface area contributed by atoms with E-state index >= 15 is 0 Å². The molecule has 10 heteroatoms. The Morgan fingerprint density at radius 2 is 1.97 bits per heavy atom. The maximum atomic E-state index is 6.25. The second-order valence-corrected chi connectivity index (χ2v) is 7.72. The molecule has 6 rings (SSSR count). The van der Waals surface area contributed by atoms with E-state index in [2.05, 4.69) is 15.0 Å². The molecule has 29 heavy (non-hydrogen) atoms. The van der Waals surface area contributed by atoms with E-state index in [1.807, 2.05) is 18.3 Å². The monoisotopic (exact) mass is 414 g/mol. The van der Waals surface area contributed by atoms with Crippen LogP contribution in [0.1, 0.15) is 0 Å². The van der Waals surface area contributed by atoms with Gasteiger partial charge in [-0.15, -0.1) is 5.10 Å². The van der Waals surface area contributed by atoms with Gasteiger partial charge in [0.15, 0.2) is 17.1 Å².